The van der Waals surface area contributed by atoms with Crippen LogP contribution in [0.25, 0.3) is 0 Å². The van der Waals surface area contributed by atoms with Crippen molar-refractivity contribution in [1.82, 2.24) is 4.98 Å². The van der Waals surface area contributed by atoms with E-state index in [1.54, 1.807) is 6.20 Å². The first kappa shape index (κ1) is 10.8. The van der Waals surface area contributed by atoms with Gasteiger partial charge in [-0.3, -0.25) is 0 Å². The standard InChI is InChI=1S/C9H11ClN2.ClH/c10-8-5-7(1-4-12-8)9(6-11)2-3-9;/h1,4-5H,2-3,6,11H2;1H. The summed E-state index contributed by atoms with van der Waals surface area (Å²) in [5.41, 5.74) is 7.16. The Morgan fingerprint density at radius 1 is 1.54 bits per heavy atom. The molecule has 1 aliphatic carbocycles. The number of aromatic nitrogens is 1. The fourth-order valence-electron chi connectivity index (χ4n) is 1.49. The number of hydrogen-bond donors (Lipinski definition) is 1. The molecule has 0 aromatic carbocycles. The summed E-state index contributed by atoms with van der Waals surface area (Å²) in [6.07, 6.45) is 4.11. The van der Waals surface area contributed by atoms with Crippen molar-refractivity contribution in [3.05, 3.63) is 29.0 Å². The number of nitrogens with zero attached hydrogens (tertiary/aromatic N) is 1. The normalized spacial score (nSPS) is 17.7. The van der Waals surface area contributed by atoms with E-state index in [1.807, 2.05) is 12.1 Å². The molecule has 1 aromatic rings. The zero-order chi connectivity index (χ0) is 8.60. The minimum atomic E-state index is 0. The molecule has 13 heavy (non-hydrogen) atoms. The summed E-state index contributed by atoms with van der Waals surface area (Å²) < 4.78 is 0. The fourth-order valence-corrected chi connectivity index (χ4v) is 1.67. The number of pyridine rings is 1. The number of rotatable bonds is 2. The van der Waals surface area contributed by atoms with Gasteiger partial charge in [-0.15, -0.1) is 12.4 Å². The highest BCUT2D eigenvalue weighted by atomic mass is 35.5. The summed E-state index contributed by atoms with van der Waals surface area (Å²) in [6, 6.07) is 3.92. The summed E-state index contributed by atoms with van der Waals surface area (Å²) in [7, 11) is 0. The van der Waals surface area contributed by atoms with Gasteiger partial charge in [0.15, 0.2) is 0 Å². The van der Waals surface area contributed by atoms with Gasteiger partial charge >= 0.3 is 0 Å². The van der Waals surface area contributed by atoms with E-state index in [1.165, 1.54) is 18.4 Å². The van der Waals surface area contributed by atoms with E-state index in [0.29, 0.717) is 11.7 Å². The van der Waals surface area contributed by atoms with Crippen molar-refractivity contribution < 1.29 is 0 Å². The molecule has 0 amide bonds. The van der Waals surface area contributed by atoms with E-state index in [2.05, 4.69) is 4.98 Å². The van der Waals surface area contributed by atoms with Crippen LogP contribution in [0.4, 0.5) is 0 Å². The Bertz CT molecular complexity index is 297. The van der Waals surface area contributed by atoms with Gasteiger partial charge in [-0.2, -0.15) is 0 Å². The van der Waals surface area contributed by atoms with Crippen LogP contribution in [0, 0.1) is 0 Å². The zero-order valence-electron chi connectivity index (χ0n) is 7.16. The van der Waals surface area contributed by atoms with Crippen molar-refractivity contribution in [2.24, 2.45) is 5.73 Å². The molecule has 0 aliphatic heterocycles. The fraction of sp³-hybridized carbons (Fsp3) is 0.444. The Hall–Kier alpha value is -0.310. The molecular formula is C9H12Cl2N2. The number of nitrogens with two attached hydrogens (primary N) is 1. The van der Waals surface area contributed by atoms with E-state index in [0.717, 1.165) is 0 Å². The van der Waals surface area contributed by atoms with Crippen LogP contribution < -0.4 is 5.73 Å². The molecule has 0 unspecified atom stereocenters. The van der Waals surface area contributed by atoms with Crippen molar-refractivity contribution >= 4 is 24.0 Å². The molecule has 0 atom stereocenters. The first-order valence-electron chi connectivity index (χ1n) is 4.09. The van der Waals surface area contributed by atoms with Gasteiger partial charge in [0, 0.05) is 18.2 Å². The van der Waals surface area contributed by atoms with Crippen molar-refractivity contribution in [3.8, 4) is 0 Å². The maximum atomic E-state index is 5.78. The van der Waals surface area contributed by atoms with E-state index >= 15 is 0 Å². The molecule has 4 heteroatoms. The van der Waals surface area contributed by atoms with Crippen LogP contribution >= 0.6 is 24.0 Å². The van der Waals surface area contributed by atoms with Crippen molar-refractivity contribution in [2.45, 2.75) is 18.3 Å². The predicted octanol–water partition coefficient (Wildman–Crippen LogP) is 2.15. The quantitative estimate of drug-likeness (QED) is 0.774. The minimum absolute atomic E-state index is 0. The summed E-state index contributed by atoms with van der Waals surface area (Å²) in [4.78, 5) is 3.94. The van der Waals surface area contributed by atoms with Gasteiger partial charge in [-0.05, 0) is 30.5 Å². The molecule has 0 radical (unpaired) electrons. The monoisotopic (exact) mass is 218 g/mol. The van der Waals surface area contributed by atoms with Crippen molar-refractivity contribution in [1.29, 1.82) is 0 Å². The summed E-state index contributed by atoms with van der Waals surface area (Å²) in [5, 5.41) is 0.562. The van der Waals surface area contributed by atoms with E-state index in [-0.39, 0.29) is 17.8 Å². The highest BCUT2D eigenvalue weighted by Crippen LogP contribution is 2.47. The zero-order valence-corrected chi connectivity index (χ0v) is 8.74. The summed E-state index contributed by atoms with van der Waals surface area (Å²) in [6.45, 7) is 0.716. The molecule has 2 N–H and O–H groups in total. The highest BCUT2D eigenvalue weighted by Gasteiger charge is 2.42. The molecule has 1 aromatic heterocycles. The van der Waals surface area contributed by atoms with Gasteiger partial charge in [0.05, 0.1) is 0 Å². The van der Waals surface area contributed by atoms with Gasteiger partial charge in [-0.25, -0.2) is 4.98 Å². The molecule has 2 rings (SSSR count). The van der Waals surface area contributed by atoms with Crippen LogP contribution in [-0.2, 0) is 5.41 Å². The molecule has 72 valence electrons. The Kier molecular flexibility index (Phi) is 3.17. The lowest BCUT2D eigenvalue weighted by molar-refractivity contribution is 0.703. The number of halogens is 2. The molecule has 1 fully saturated rings. The first-order chi connectivity index (χ1) is 5.77. The van der Waals surface area contributed by atoms with Crippen LogP contribution in [0.1, 0.15) is 18.4 Å². The highest BCUT2D eigenvalue weighted by molar-refractivity contribution is 6.29. The lowest BCUT2D eigenvalue weighted by atomic mass is 9.98. The average molecular weight is 219 g/mol. The van der Waals surface area contributed by atoms with Gasteiger partial charge < -0.3 is 5.73 Å². The average Bonchev–Trinajstić information content (AvgIpc) is 2.84. The van der Waals surface area contributed by atoms with Crippen molar-refractivity contribution in [2.75, 3.05) is 6.54 Å². The maximum absolute atomic E-state index is 5.78. The second-order valence-electron chi connectivity index (χ2n) is 3.35. The summed E-state index contributed by atoms with van der Waals surface area (Å²) >= 11 is 5.78. The molecule has 0 spiro atoms. The van der Waals surface area contributed by atoms with Gasteiger partial charge in [0.25, 0.3) is 0 Å². The van der Waals surface area contributed by atoms with Crippen LogP contribution in [0.2, 0.25) is 5.15 Å². The third-order valence-electron chi connectivity index (χ3n) is 2.58. The van der Waals surface area contributed by atoms with Crippen LogP contribution in [-0.4, -0.2) is 11.5 Å². The smallest absolute Gasteiger partial charge is 0.129 e. The van der Waals surface area contributed by atoms with Crippen LogP contribution in [0.5, 0.6) is 0 Å². The lowest BCUT2D eigenvalue weighted by Crippen LogP contribution is -2.19. The Morgan fingerprint density at radius 3 is 2.69 bits per heavy atom. The van der Waals surface area contributed by atoms with Gasteiger partial charge in [0.1, 0.15) is 5.15 Å². The molecule has 1 heterocycles. The predicted molar refractivity (Wildman–Crippen MR) is 56.5 cm³/mol. The minimum Gasteiger partial charge on any atom is -0.330 e. The molecule has 0 bridgehead atoms. The largest absolute Gasteiger partial charge is 0.330 e. The van der Waals surface area contributed by atoms with Gasteiger partial charge in [-0.1, -0.05) is 11.6 Å². The van der Waals surface area contributed by atoms with Crippen molar-refractivity contribution in [3.63, 3.8) is 0 Å². The first-order valence-corrected chi connectivity index (χ1v) is 4.47. The van der Waals surface area contributed by atoms with E-state index in [4.69, 9.17) is 17.3 Å². The van der Waals surface area contributed by atoms with Crippen LogP contribution in [0.15, 0.2) is 18.3 Å². The summed E-state index contributed by atoms with van der Waals surface area (Å²) in [5.74, 6) is 0. The van der Waals surface area contributed by atoms with Crippen LogP contribution in [0.3, 0.4) is 0 Å². The SMILES string of the molecule is Cl.NCC1(c2ccnc(Cl)c2)CC1. The third kappa shape index (κ3) is 1.96. The topological polar surface area (TPSA) is 38.9 Å². The Labute approximate surface area is 88.9 Å². The number of hydrogen-bond acceptors (Lipinski definition) is 2. The molecule has 0 saturated heterocycles. The second kappa shape index (κ2) is 3.82. The second-order valence-corrected chi connectivity index (χ2v) is 3.74. The maximum Gasteiger partial charge on any atom is 0.129 e. The molecule has 1 saturated carbocycles. The lowest BCUT2D eigenvalue weighted by Gasteiger charge is -2.11. The Balaban J connectivity index is 0.000000845. The Morgan fingerprint density at radius 2 is 2.23 bits per heavy atom. The molecule has 1 aliphatic rings. The third-order valence-corrected chi connectivity index (χ3v) is 2.79. The van der Waals surface area contributed by atoms with Gasteiger partial charge in [0.2, 0.25) is 0 Å². The molecule has 2 nitrogen and oxygen atoms in total. The molecular weight excluding hydrogens is 207 g/mol. The van der Waals surface area contributed by atoms with E-state index in [9.17, 15) is 0 Å². The van der Waals surface area contributed by atoms with E-state index < -0.39 is 0 Å².